The molecule has 2 rings (SSSR count). The van der Waals surface area contributed by atoms with E-state index >= 15 is 0 Å². The van der Waals surface area contributed by atoms with E-state index in [0.29, 0.717) is 12.8 Å². The third kappa shape index (κ3) is 5.50. The lowest BCUT2D eigenvalue weighted by atomic mass is 9.83. The van der Waals surface area contributed by atoms with Gasteiger partial charge < -0.3 is 15.7 Å². The van der Waals surface area contributed by atoms with Crippen molar-refractivity contribution in [2.75, 3.05) is 0 Å². The van der Waals surface area contributed by atoms with Gasteiger partial charge in [0, 0.05) is 12.4 Å². The van der Waals surface area contributed by atoms with Crippen molar-refractivity contribution in [1.29, 1.82) is 0 Å². The van der Waals surface area contributed by atoms with Crippen LogP contribution >= 0.6 is 0 Å². The van der Waals surface area contributed by atoms with Crippen LogP contribution in [0.3, 0.4) is 0 Å². The van der Waals surface area contributed by atoms with Crippen molar-refractivity contribution in [2.24, 2.45) is 5.92 Å². The number of carbonyl (C=O) groups is 3. The summed E-state index contributed by atoms with van der Waals surface area (Å²) in [6.07, 6.45) is 9.93. The molecular weight excluding hydrogens is 336 g/mol. The van der Waals surface area contributed by atoms with Crippen molar-refractivity contribution < 1.29 is 19.5 Å². The first-order chi connectivity index (χ1) is 12.5. The standard InChI is InChI=1S/C18H26N4O4/c1-2-6-13(18(25)26)21-17(24)15(12-7-4-3-5-8-12)22-16(23)14-11-19-9-10-20-14/h9-13,15H,2-8H2,1H3,(H,21,24)(H,22,23)(H,25,26)/t13?,15-/m0/s1. The summed E-state index contributed by atoms with van der Waals surface area (Å²) >= 11 is 0. The topological polar surface area (TPSA) is 121 Å². The Bertz CT molecular complexity index is 617. The van der Waals surface area contributed by atoms with Crippen LogP contribution in [0.4, 0.5) is 0 Å². The molecule has 0 saturated heterocycles. The lowest BCUT2D eigenvalue weighted by molar-refractivity contribution is -0.142. The Morgan fingerprint density at radius 3 is 2.50 bits per heavy atom. The molecule has 1 aromatic rings. The van der Waals surface area contributed by atoms with Crippen molar-refractivity contribution in [2.45, 2.75) is 64.0 Å². The molecule has 1 aliphatic rings. The zero-order chi connectivity index (χ0) is 18.9. The van der Waals surface area contributed by atoms with Gasteiger partial charge in [0.05, 0.1) is 6.20 Å². The molecule has 1 saturated carbocycles. The molecule has 8 nitrogen and oxygen atoms in total. The molecule has 1 heterocycles. The minimum Gasteiger partial charge on any atom is -0.480 e. The van der Waals surface area contributed by atoms with Gasteiger partial charge in [-0.1, -0.05) is 32.6 Å². The van der Waals surface area contributed by atoms with Crippen LogP contribution in [0, 0.1) is 5.92 Å². The van der Waals surface area contributed by atoms with Gasteiger partial charge in [-0.25, -0.2) is 9.78 Å². The van der Waals surface area contributed by atoms with Crippen molar-refractivity contribution >= 4 is 17.8 Å². The zero-order valence-corrected chi connectivity index (χ0v) is 15.0. The molecule has 1 aromatic heterocycles. The number of nitrogens with one attached hydrogen (secondary N) is 2. The van der Waals surface area contributed by atoms with Crippen LogP contribution in [0.25, 0.3) is 0 Å². The molecule has 142 valence electrons. The van der Waals surface area contributed by atoms with Crippen LogP contribution in [-0.4, -0.2) is 44.9 Å². The Morgan fingerprint density at radius 2 is 1.92 bits per heavy atom. The van der Waals surface area contributed by atoms with Gasteiger partial charge in [0.25, 0.3) is 5.91 Å². The highest BCUT2D eigenvalue weighted by Gasteiger charge is 2.33. The minimum atomic E-state index is -1.07. The highest BCUT2D eigenvalue weighted by molar-refractivity contribution is 5.96. The van der Waals surface area contributed by atoms with Gasteiger partial charge in [-0.2, -0.15) is 0 Å². The second kappa shape index (κ2) is 9.84. The first-order valence-corrected chi connectivity index (χ1v) is 9.13. The molecule has 2 atom stereocenters. The minimum absolute atomic E-state index is 0.0135. The molecule has 0 spiro atoms. The van der Waals surface area contributed by atoms with Gasteiger partial charge in [0.1, 0.15) is 17.8 Å². The van der Waals surface area contributed by atoms with Crippen molar-refractivity contribution in [3.63, 3.8) is 0 Å². The molecule has 3 N–H and O–H groups in total. The van der Waals surface area contributed by atoms with Crippen LogP contribution in [0.1, 0.15) is 62.4 Å². The third-order valence-corrected chi connectivity index (χ3v) is 4.68. The van der Waals surface area contributed by atoms with Crippen LogP contribution in [-0.2, 0) is 9.59 Å². The lowest BCUT2D eigenvalue weighted by Gasteiger charge is -2.30. The van der Waals surface area contributed by atoms with E-state index in [1.54, 1.807) is 0 Å². The van der Waals surface area contributed by atoms with Gasteiger partial charge in [-0.05, 0) is 25.2 Å². The summed E-state index contributed by atoms with van der Waals surface area (Å²) in [5.41, 5.74) is 0.129. The third-order valence-electron chi connectivity index (χ3n) is 4.68. The average molecular weight is 362 g/mol. The Morgan fingerprint density at radius 1 is 1.19 bits per heavy atom. The zero-order valence-electron chi connectivity index (χ0n) is 15.0. The van der Waals surface area contributed by atoms with Crippen molar-refractivity contribution in [3.8, 4) is 0 Å². The predicted octanol–water partition coefficient (Wildman–Crippen LogP) is 1.52. The Balaban J connectivity index is 2.13. The fraction of sp³-hybridized carbons (Fsp3) is 0.611. The highest BCUT2D eigenvalue weighted by atomic mass is 16.4. The van der Waals surface area contributed by atoms with Gasteiger partial charge >= 0.3 is 5.97 Å². The lowest BCUT2D eigenvalue weighted by Crippen LogP contribution is -2.55. The smallest absolute Gasteiger partial charge is 0.326 e. The molecule has 26 heavy (non-hydrogen) atoms. The number of amides is 2. The molecule has 0 radical (unpaired) electrons. The van der Waals surface area contributed by atoms with Crippen molar-refractivity contribution in [1.82, 2.24) is 20.6 Å². The van der Waals surface area contributed by atoms with E-state index in [2.05, 4.69) is 20.6 Å². The van der Waals surface area contributed by atoms with E-state index in [4.69, 9.17) is 0 Å². The second-order valence-corrected chi connectivity index (χ2v) is 6.63. The summed E-state index contributed by atoms with van der Waals surface area (Å²) < 4.78 is 0. The summed E-state index contributed by atoms with van der Waals surface area (Å²) in [5, 5.41) is 14.6. The average Bonchev–Trinajstić information content (AvgIpc) is 2.66. The normalized spacial score (nSPS) is 17.1. The molecule has 8 heteroatoms. The van der Waals surface area contributed by atoms with Gasteiger partial charge in [0.2, 0.25) is 5.91 Å². The van der Waals surface area contributed by atoms with Gasteiger partial charge in [-0.15, -0.1) is 0 Å². The molecule has 1 fully saturated rings. The van der Waals surface area contributed by atoms with E-state index in [1.807, 2.05) is 6.92 Å². The predicted molar refractivity (Wildman–Crippen MR) is 94.3 cm³/mol. The summed E-state index contributed by atoms with van der Waals surface area (Å²) in [4.78, 5) is 44.4. The van der Waals surface area contributed by atoms with Crippen LogP contribution in [0.2, 0.25) is 0 Å². The van der Waals surface area contributed by atoms with Gasteiger partial charge in [-0.3, -0.25) is 14.6 Å². The largest absolute Gasteiger partial charge is 0.480 e. The molecule has 0 aliphatic heterocycles. The van der Waals surface area contributed by atoms with E-state index in [-0.39, 0.29) is 11.6 Å². The number of hydrogen-bond donors (Lipinski definition) is 3. The number of carbonyl (C=O) groups excluding carboxylic acids is 2. The summed E-state index contributed by atoms with van der Waals surface area (Å²) in [7, 11) is 0. The molecule has 0 aromatic carbocycles. The molecule has 1 aliphatic carbocycles. The number of aromatic nitrogens is 2. The van der Waals surface area contributed by atoms with E-state index in [9.17, 15) is 19.5 Å². The molecular formula is C18H26N4O4. The first-order valence-electron chi connectivity index (χ1n) is 9.13. The first kappa shape index (κ1) is 19.8. The van der Waals surface area contributed by atoms with Gasteiger partial charge in [0.15, 0.2) is 0 Å². The van der Waals surface area contributed by atoms with Crippen LogP contribution in [0.15, 0.2) is 18.6 Å². The van der Waals surface area contributed by atoms with E-state index in [0.717, 1.165) is 32.1 Å². The fourth-order valence-electron chi connectivity index (χ4n) is 3.30. The highest BCUT2D eigenvalue weighted by Crippen LogP contribution is 2.27. The number of rotatable bonds is 8. The Labute approximate surface area is 152 Å². The van der Waals surface area contributed by atoms with E-state index in [1.165, 1.54) is 18.6 Å². The monoisotopic (exact) mass is 362 g/mol. The number of hydrogen-bond acceptors (Lipinski definition) is 5. The summed E-state index contributed by atoms with van der Waals surface area (Å²) in [5.74, 6) is -2.01. The number of carboxylic acids is 1. The summed E-state index contributed by atoms with van der Waals surface area (Å²) in [6, 6.07) is -1.73. The SMILES string of the molecule is CCCC(NC(=O)[C@@H](NC(=O)c1cnccn1)C1CCCCC1)C(=O)O. The van der Waals surface area contributed by atoms with Crippen LogP contribution < -0.4 is 10.6 Å². The maximum atomic E-state index is 12.8. The quantitative estimate of drug-likeness (QED) is 0.645. The maximum Gasteiger partial charge on any atom is 0.326 e. The molecule has 1 unspecified atom stereocenters. The maximum absolute atomic E-state index is 12.8. The number of carboxylic acid groups (broad SMARTS) is 1. The molecule has 2 amide bonds. The fourth-order valence-corrected chi connectivity index (χ4v) is 3.30. The van der Waals surface area contributed by atoms with Crippen molar-refractivity contribution in [3.05, 3.63) is 24.3 Å². The Hall–Kier alpha value is -2.51. The summed E-state index contributed by atoms with van der Waals surface area (Å²) in [6.45, 7) is 1.86. The Kier molecular flexibility index (Phi) is 7.50. The van der Waals surface area contributed by atoms with E-state index < -0.39 is 29.9 Å². The van der Waals surface area contributed by atoms with Crippen LogP contribution in [0.5, 0.6) is 0 Å². The number of aliphatic carboxylic acids is 1. The molecule has 0 bridgehead atoms. The second-order valence-electron chi connectivity index (χ2n) is 6.63. The number of nitrogens with zero attached hydrogens (tertiary/aromatic N) is 2.